The predicted molar refractivity (Wildman–Crippen MR) is 92.3 cm³/mol. The monoisotopic (exact) mass is 355 g/mol. The summed E-state index contributed by atoms with van der Waals surface area (Å²) in [5, 5.41) is 8.94. The molecule has 3 rings (SSSR count). The number of rotatable bonds is 3. The molecule has 128 valence electrons. The van der Waals surface area contributed by atoms with Gasteiger partial charge in [0.1, 0.15) is 0 Å². The summed E-state index contributed by atoms with van der Waals surface area (Å²) in [6, 6.07) is 16.9. The maximum atomic E-state index is 12.7. The van der Waals surface area contributed by atoms with Gasteiger partial charge < -0.3 is 4.90 Å². The van der Waals surface area contributed by atoms with Crippen molar-refractivity contribution in [1.29, 1.82) is 5.26 Å². The van der Waals surface area contributed by atoms with E-state index < -0.39 is 10.0 Å². The molecule has 0 unspecified atom stereocenters. The molecule has 1 heterocycles. The molecule has 0 saturated carbocycles. The van der Waals surface area contributed by atoms with E-state index in [1.54, 1.807) is 41.3 Å². The third-order valence-electron chi connectivity index (χ3n) is 4.15. The van der Waals surface area contributed by atoms with Crippen LogP contribution in [0.15, 0.2) is 59.5 Å². The first-order valence-electron chi connectivity index (χ1n) is 7.87. The minimum absolute atomic E-state index is 0.0934. The van der Waals surface area contributed by atoms with Gasteiger partial charge in [-0.05, 0) is 30.3 Å². The van der Waals surface area contributed by atoms with Crippen LogP contribution in [0, 0.1) is 11.3 Å². The number of sulfonamides is 1. The molecule has 6 nitrogen and oxygen atoms in total. The van der Waals surface area contributed by atoms with Gasteiger partial charge in [-0.3, -0.25) is 4.79 Å². The van der Waals surface area contributed by atoms with E-state index in [1.165, 1.54) is 16.4 Å². The van der Waals surface area contributed by atoms with Crippen LogP contribution in [0.3, 0.4) is 0 Å². The van der Waals surface area contributed by atoms with Crippen molar-refractivity contribution in [2.45, 2.75) is 4.90 Å². The topological polar surface area (TPSA) is 81.5 Å². The zero-order chi connectivity index (χ0) is 17.9. The van der Waals surface area contributed by atoms with Crippen LogP contribution < -0.4 is 0 Å². The van der Waals surface area contributed by atoms with Gasteiger partial charge in [-0.15, -0.1) is 0 Å². The molecule has 0 spiro atoms. The minimum atomic E-state index is -3.66. The molecule has 2 aromatic carbocycles. The molecular formula is C18H17N3O3S. The molecule has 0 bridgehead atoms. The zero-order valence-corrected chi connectivity index (χ0v) is 14.3. The molecule has 2 aromatic rings. The summed E-state index contributed by atoms with van der Waals surface area (Å²) in [7, 11) is -3.66. The Balaban J connectivity index is 1.71. The first kappa shape index (κ1) is 17.1. The van der Waals surface area contributed by atoms with E-state index in [9.17, 15) is 13.2 Å². The molecule has 25 heavy (non-hydrogen) atoms. The highest BCUT2D eigenvalue weighted by atomic mass is 32.2. The van der Waals surface area contributed by atoms with E-state index in [1.807, 2.05) is 12.1 Å². The van der Waals surface area contributed by atoms with Gasteiger partial charge in [-0.1, -0.05) is 24.3 Å². The molecule has 0 aliphatic carbocycles. The van der Waals surface area contributed by atoms with Gasteiger partial charge in [0, 0.05) is 31.7 Å². The van der Waals surface area contributed by atoms with Crippen molar-refractivity contribution in [3.8, 4) is 6.07 Å². The minimum Gasteiger partial charge on any atom is -0.336 e. The maximum absolute atomic E-state index is 12.7. The zero-order valence-electron chi connectivity index (χ0n) is 13.5. The van der Waals surface area contributed by atoms with Gasteiger partial charge in [0.25, 0.3) is 5.91 Å². The number of hydrogen-bond donors (Lipinski definition) is 0. The average molecular weight is 355 g/mol. The summed E-state index contributed by atoms with van der Waals surface area (Å²) >= 11 is 0. The van der Waals surface area contributed by atoms with Gasteiger partial charge >= 0.3 is 0 Å². The second-order valence-electron chi connectivity index (χ2n) is 5.70. The molecule has 1 aliphatic heterocycles. The SMILES string of the molecule is N#Cc1cccc(S(=O)(=O)N2CCN(C(=O)c3ccccc3)CC2)c1. The largest absolute Gasteiger partial charge is 0.336 e. The Hall–Kier alpha value is -2.69. The normalized spacial score (nSPS) is 15.6. The summed E-state index contributed by atoms with van der Waals surface area (Å²) in [5.41, 5.74) is 0.902. The highest BCUT2D eigenvalue weighted by Crippen LogP contribution is 2.19. The van der Waals surface area contributed by atoms with E-state index in [2.05, 4.69) is 0 Å². The molecule has 1 fully saturated rings. The number of piperazine rings is 1. The lowest BCUT2D eigenvalue weighted by molar-refractivity contribution is 0.0698. The van der Waals surface area contributed by atoms with Crippen molar-refractivity contribution in [1.82, 2.24) is 9.21 Å². The third kappa shape index (κ3) is 3.55. The highest BCUT2D eigenvalue weighted by Gasteiger charge is 2.30. The Morgan fingerprint density at radius 1 is 0.960 bits per heavy atom. The Kier molecular flexibility index (Phi) is 4.83. The van der Waals surface area contributed by atoms with Crippen molar-refractivity contribution in [3.05, 3.63) is 65.7 Å². The van der Waals surface area contributed by atoms with Crippen LogP contribution in [0.5, 0.6) is 0 Å². The summed E-state index contributed by atoms with van der Waals surface area (Å²) in [6.07, 6.45) is 0. The van der Waals surface area contributed by atoms with Crippen LogP contribution >= 0.6 is 0 Å². The molecular weight excluding hydrogens is 338 g/mol. The lowest BCUT2D eigenvalue weighted by Gasteiger charge is -2.34. The summed E-state index contributed by atoms with van der Waals surface area (Å²) in [6.45, 7) is 1.14. The Morgan fingerprint density at radius 3 is 2.28 bits per heavy atom. The number of nitrogens with zero attached hydrogens (tertiary/aromatic N) is 3. The smallest absolute Gasteiger partial charge is 0.253 e. The first-order valence-corrected chi connectivity index (χ1v) is 9.31. The number of hydrogen-bond acceptors (Lipinski definition) is 4. The predicted octanol–water partition coefficient (Wildman–Crippen LogP) is 1.70. The summed E-state index contributed by atoms with van der Waals surface area (Å²) < 4.78 is 26.8. The van der Waals surface area contributed by atoms with Crippen molar-refractivity contribution in [3.63, 3.8) is 0 Å². The maximum Gasteiger partial charge on any atom is 0.253 e. The van der Waals surface area contributed by atoms with Crippen LogP contribution in [0.4, 0.5) is 0 Å². The quantitative estimate of drug-likeness (QED) is 0.839. The molecule has 1 saturated heterocycles. The van der Waals surface area contributed by atoms with Crippen molar-refractivity contribution in [2.75, 3.05) is 26.2 Å². The van der Waals surface area contributed by atoms with E-state index in [0.717, 1.165) is 0 Å². The molecule has 7 heteroatoms. The molecule has 0 aromatic heterocycles. The number of benzene rings is 2. The van der Waals surface area contributed by atoms with Gasteiger partial charge in [0.2, 0.25) is 10.0 Å². The lowest BCUT2D eigenvalue weighted by atomic mass is 10.2. The molecule has 0 radical (unpaired) electrons. The van der Waals surface area contributed by atoms with Crippen LogP contribution in [-0.2, 0) is 10.0 Å². The molecule has 0 atom stereocenters. The Labute approximate surface area is 147 Å². The van der Waals surface area contributed by atoms with E-state index in [4.69, 9.17) is 5.26 Å². The Morgan fingerprint density at radius 2 is 1.64 bits per heavy atom. The second-order valence-corrected chi connectivity index (χ2v) is 7.64. The van der Waals surface area contributed by atoms with Gasteiger partial charge in [-0.2, -0.15) is 9.57 Å². The fourth-order valence-corrected chi connectivity index (χ4v) is 4.24. The first-order chi connectivity index (χ1) is 12.0. The molecule has 1 amide bonds. The van der Waals surface area contributed by atoms with E-state index in [0.29, 0.717) is 24.2 Å². The standard InChI is InChI=1S/C18H17N3O3S/c19-14-15-5-4-8-17(13-15)25(23,24)21-11-9-20(10-12-21)18(22)16-6-2-1-3-7-16/h1-8,13H,9-12H2. The number of carbonyl (C=O) groups is 1. The average Bonchev–Trinajstić information content (AvgIpc) is 2.68. The molecule has 1 aliphatic rings. The summed E-state index contributed by atoms with van der Waals surface area (Å²) in [5.74, 6) is -0.0934. The van der Waals surface area contributed by atoms with Gasteiger partial charge in [0.15, 0.2) is 0 Å². The number of nitriles is 1. The second kappa shape index (κ2) is 7.05. The number of carbonyl (C=O) groups excluding carboxylic acids is 1. The van der Waals surface area contributed by atoms with E-state index >= 15 is 0 Å². The Bertz CT molecular complexity index is 912. The highest BCUT2D eigenvalue weighted by molar-refractivity contribution is 7.89. The third-order valence-corrected chi connectivity index (χ3v) is 6.04. The summed E-state index contributed by atoms with van der Waals surface area (Å²) in [4.78, 5) is 14.2. The van der Waals surface area contributed by atoms with E-state index in [-0.39, 0.29) is 23.9 Å². The fourth-order valence-electron chi connectivity index (χ4n) is 2.77. The van der Waals surface area contributed by atoms with Crippen molar-refractivity contribution < 1.29 is 13.2 Å². The van der Waals surface area contributed by atoms with Crippen LogP contribution in [-0.4, -0.2) is 49.7 Å². The molecule has 0 N–H and O–H groups in total. The van der Waals surface area contributed by atoms with Crippen LogP contribution in [0.25, 0.3) is 0 Å². The lowest BCUT2D eigenvalue weighted by Crippen LogP contribution is -2.50. The van der Waals surface area contributed by atoms with Crippen LogP contribution in [0.2, 0.25) is 0 Å². The van der Waals surface area contributed by atoms with Gasteiger partial charge in [0.05, 0.1) is 16.5 Å². The fraction of sp³-hybridized carbons (Fsp3) is 0.222. The number of amides is 1. The van der Waals surface area contributed by atoms with Crippen LogP contribution in [0.1, 0.15) is 15.9 Å². The van der Waals surface area contributed by atoms with Crippen molar-refractivity contribution in [2.24, 2.45) is 0 Å². The van der Waals surface area contributed by atoms with Gasteiger partial charge in [-0.25, -0.2) is 8.42 Å². The van der Waals surface area contributed by atoms with Crippen molar-refractivity contribution >= 4 is 15.9 Å².